The summed E-state index contributed by atoms with van der Waals surface area (Å²) in [5, 5.41) is 6.47. The van der Waals surface area contributed by atoms with Crippen LogP contribution in [0.4, 0.5) is 17.3 Å². The standard InChI is InChI=1S/C19H16Cl2N4O/c1-2-12-6-8-13(9-7-12)23-19-22-11-10-16(24-19)18(26)25-17-14(20)4-3-5-15(17)21/h3-11H,2H2,1H3,(H,25,26)(H,22,23,24). The lowest BCUT2D eigenvalue weighted by Gasteiger charge is -2.10. The van der Waals surface area contributed by atoms with Gasteiger partial charge >= 0.3 is 0 Å². The molecule has 0 saturated heterocycles. The second-order valence-corrected chi connectivity index (χ2v) is 6.31. The van der Waals surface area contributed by atoms with Crippen molar-refractivity contribution in [1.29, 1.82) is 0 Å². The van der Waals surface area contributed by atoms with E-state index >= 15 is 0 Å². The van der Waals surface area contributed by atoms with Crippen molar-refractivity contribution in [2.45, 2.75) is 13.3 Å². The number of hydrogen-bond acceptors (Lipinski definition) is 4. The quantitative estimate of drug-likeness (QED) is 0.620. The maximum Gasteiger partial charge on any atom is 0.274 e. The molecule has 5 nitrogen and oxygen atoms in total. The second-order valence-electron chi connectivity index (χ2n) is 5.49. The Kier molecular flexibility index (Phi) is 5.71. The Morgan fingerprint density at radius 1 is 1.04 bits per heavy atom. The summed E-state index contributed by atoms with van der Waals surface area (Å²) in [5.74, 6) is -0.0982. The van der Waals surface area contributed by atoms with Crippen molar-refractivity contribution in [2.75, 3.05) is 10.6 Å². The number of benzene rings is 2. The lowest BCUT2D eigenvalue weighted by atomic mass is 10.1. The Balaban J connectivity index is 1.76. The van der Waals surface area contributed by atoms with Gasteiger partial charge in [0.05, 0.1) is 15.7 Å². The summed E-state index contributed by atoms with van der Waals surface area (Å²) >= 11 is 12.2. The number of halogens is 2. The van der Waals surface area contributed by atoms with E-state index in [2.05, 4.69) is 27.5 Å². The molecule has 0 aliphatic heterocycles. The number of hydrogen-bond donors (Lipinski definition) is 2. The fraction of sp³-hybridized carbons (Fsp3) is 0.105. The molecule has 0 aliphatic rings. The minimum absolute atomic E-state index is 0.198. The highest BCUT2D eigenvalue weighted by atomic mass is 35.5. The fourth-order valence-corrected chi connectivity index (χ4v) is 2.79. The first-order valence-electron chi connectivity index (χ1n) is 8.01. The summed E-state index contributed by atoms with van der Waals surface area (Å²) in [4.78, 5) is 20.9. The third-order valence-electron chi connectivity index (χ3n) is 3.71. The summed E-state index contributed by atoms with van der Waals surface area (Å²) in [6.45, 7) is 2.10. The molecule has 3 rings (SSSR count). The Labute approximate surface area is 161 Å². The highest BCUT2D eigenvalue weighted by Gasteiger charge is 2.13. The predicted molar refractivity (Wildman–Crippen MR) is 106 cm³/mol. The molecule has 0 saturated carbocycles. The number of rotatable bonds is 5. The molecular weight excluding hydrogens is 371 g/mol. The van der Waals surface area contributed by atoms with Gasteiger partial charge in [-0.05, 0) is 42.3 Å². The van der Waals surface area contributed by atoms with Gasteiger partial charge in [-0.25, -0.2) is 9.97 Å². The Bertz CT molecular complexity index is 909. The van der Waals surface area contributed by atoms with Crippen LogP contribution in [0.3, 0.4) is 0 Å². The van der Waals surface area contributed by atoms with Gasteiger partial charge in [-0.15, -0.1) is 0 Å². The molecule has 1 heterocycles. The SMILES string of the molecule is CCc1ccc(Nc2nccc(C(=O)Nc3c(Cl)cccc3Cl)n2)cc1. The molecule has 0 fully saturated rings. The zero-order valence-corrected chi connectivity index (χ0v) is 15.5. The fourth-order valence-electron chi connectivity index (χ4n) is 2.29. The van der Waals surface area contributed by atoms with Crippen molar-refractivity contribution in [2.24, 2.45) is 0 Å². The van der Waals surface area contributed by atoms with E-state index in [0.29, 0.717) is 21.7 Å². The molecule has 132 valence electrons. The van der Waals surface area contributed by atoms with Crippen LogP contribution in [-0.2, 0) is 6.42 Å². The van der Waals surface area contributed by atoms with E-state index < -0.39 is 5.91 Å². The number of carbonyl (C=O) groups is 1. The van der Waals surface area contributed by atoms with Crippen LogP contribution < -0.4 is 10.6 Å². The van der Waals surface area contributed by atoms with Crippen LogP contribution in [0.1, 0.15) is 23.0 Å². The third kappa shape index (κ3) is 4.31. The third-order valence-corrected chi connectivity index (χ3v) is 4.34. The van der Waals surface area contributed by atoms with Gasteiger partial charge in [0.2, 0.25) is 5.95 Å². The van der Waals surface area contributed by atoms with E-state index in [1.165, 1.54) is 17.8 Å². The van der Waals surface area contributed by atoms with Gasteiger partial charge in [0.1, 0.15) is 5.69 Å². The summed E-state index contributed by atoms with van der Waals surface area (Å²) in [6.07, 6.45) is 2.48. The number of anilines is 3. The number of amides is 1. The van der Waals surface area contributed by atoms with Crippen molar-refractivity contribution in [3.05, 3.63) is 76.0 Å². The van der Waals surface area contributed by atoms with Crippen LogP contribution in [0.15, 0.2) is 54.7 Å². The molecule has 0 bridgehead atoms. The number of aryl methyl sites for hydroxylation is 1. The van der Waals surface area contributed by atoms with Gasteiger partial charge in [0.25, 0.3) is 5.91 Å². The van der Waals surface area contributed by atoms with Gasteiger partial charge in [-0.1, -0.05) is 48.3 Å². The van der Waals surface area contributed by atoms with Gasteiger partial charge < -0.3 is 10.6 Å². The van der Waals surface area contributed by atoms with E-state index in [0.717, 1.165) is 12.1 Å². The maximum absolute atomic E-state index is 12.5. The Hall–Kier alpha value is -2.63. The summed E-state index contributed by atoms with van der Waals surface area (Å²) in [7, 11) is 0. The lowest BCUT2D eigenvalue weighted by Crippen LogP contribution is -2.15. The highest BCUT2D eigenvalue weighted by molar-refractivity contribution is 6.40. The number of para-hydroxylation sites is 1. The van der Waals surface area contributed by atoms with Crippen LogP contribution in [-0.4, -0.2) is 15.9 Å². The van der Waals surface area contributed by atoms with Crippen molar-refractivity contribution < 1.29 is 4.79 Å². The lowest BCUT2D eigenvalue weighted by molar-refractivity contribution is 0.102. The monoisotopic (exact) mass is 386 g/mol. The minimum Gasteiger partial charge on any atom is -0.324 e. The molecular formula is C19H16Cl2N4O. The van der Waals surface area contributed by atoms with E-state index in [1.807, 2.05) is 24.3 Å². The van der Waals surface area contributed by atoms with Gasteiger partial charge in [-0.3, -0.25) is 4.79 Å². The van der Waals surface area contributed by atoms with Crippen molar-refractivity contribution in [3.63, 3.8) is 0 Å². The number of aromatic nitrogens is 2. The zero-order chi connectivity index (χ0) is 18.5. The molecule has 26 heavy (non-hydrogen) atoms. The first-order chi connectivity index (χ1) is 12.6. The van der Waals surface area contributed by atoms with Gasteiger partial charge in [0, 0.05) is 11.9 Å². The van der Waals surface area contributed by atoms with Crippen LogP contribution in [0, 0.1) is 0 Å². The number of nitrogens with one attached hydrogen (secondary N) is 2. The van der Waals surface area contributed by atoms with E-state index in [-0.39, 0.29) is 5.69 Å². The summed E-state index contributed by atoms with van der Waals surface area (Å²) in [6, 6.07) is 14.5. The number of carbonyl (C=O) groups excluding carboxylic acids is 1. The molecule has 0 atom stereocenters. The summed E-state index contributed by atoms with van der Waals surface area (Å²) in [5.41, 5.74) is 2.63. The molecule has 3 aromatic rings. The topological polar surface area (TPSA) is 66.9 Å². The average molecular weight is 387 g/mol. The van der Waals surface area contributed by atoms with Crippen LogP contribution in [0.5, 0.6) is 0 Å². The Morgan fingerprint density at radius 2 is 1.73 bits per heavy atom. The normalized spacial score (nSPS) is 10.4. The molecule has 1 aromatic heterocycles. The Morgan fingerprint density at radius 3 is 2.38 bits per heavy atom. The molecule has 0 unspecified atom stereocenters. The smallest absolute Gasteiger partial charge is 0.274 e. The predicted octanol–water partition coefficient (Wildman–Crippen LogP) is 5.34. The van der Waals surface area contributed by atoms with Crippen LogP contribution in [0.25, 0.3) is 0 Å². The first kappa shape index (κ1) is 18.2. The molecule has 0 aliphatic carbocycles. The maximum atomic E-state index is 12.5. The molecule has 7 heteroatoms. The van der Waals surface area contributed by atoms with Crippen LogP contribution >= 0.6 is 23.2 Å². The molecule has 2 aromatic carbocycles. The van der Waals surface area contributed by atoms with E-state index in [9.17, 15) is 4.79 Å². The molecule has 0 radical (unpaired) electrons. The first-order valence-corrected chi connectivity index (χ1v) is 8.77. The second kappa shape index (κ2) is 8.17. The van der Waals surface area contributed by atoms with E-state index in [4.69, 9.17) is 23.2 Å². The van der Waals surface area contributed by atoms with Gasteiger partial charge in [-0.2, -0.15) is 0 Å². The number of nitrogens with zero attached hydrogens (tertiary/aromatic N) is 2. The molecule has 1 amide bonds. The van der Waals surface area contributed by atoms with E-state index in [1.54, 1.807) is 18.2 Å². The highest BCUT2D eigenvalue weighted by Crippen LogP contribution is 2.30. The largest absolute Gasteiger partial charge is 0.324 e. The van der Waals surface area contributed by atoms with Crippen LogP contribution in [0.2, 0.25) is 10.0 Å². The minimum atomic E-state index is -0.424. The van der Waals surface area contributed by atoms with Crippen molar-refractivity contribution in [1.82, 2.24) is 9.97 Å². The average Bonchev–Trinajstić information content (AvgIpc) is 2.65. The zero-order valence-electron chi connectivity index (χ0n) is 14.0. The molecule has 0 spiro atoms. The molecule has 2 N–H and O–H groups in total. The summed E-state index contributed by atoms with van der Waals surface area (Å²) < 4.78 is 0. The van der Waals surface area contributed by atoms with Crippen molar-refractivity contribution >= 4 is 46.4 Å². The van der Waals surface area contributed by atoms with Gasteiger partial charge in [0.15, 0.2) is 0 Å². The van der Waals surface area contributed by atoms with Crippen molar-refractivity contribution in [3.8, 4) is 0 Å².